The summed E-state index contributed by atoms with van der Waals surface area (Å²) in [7, 11) is 1.55. The van der Waals surface area contributed by atoms with E-state index >= 15 is 0 Å². The summed E-state index contributed by atoms with van der Waals surface area (Å²) in [5, 5.41) is 5.48. The quantitative estimate of drug-likeness (QED) is 0.831. The number of hydrogen-bond acceptors (Lipinski definition) is 4. The Morgan fingerprint density at radius 3 is 3.00 bits per heavy atom. The Morgan fingerprint density at radius 1 is 1.36 bits per heavy atom. The van der Waals surface area contributed by atoms with Crippen molar-refractivity contribution in [2.24, 2.45) is 0 Å². The van der Waals surface area contributed by atoms with Crippen molar-refractivity contribution in [1.29, 1.82) is 0 Å². The number of benzene rings is 1. The van der Waals surface area contributed by atoms with E-state index in [9.17, 15) is 9.59 Å². The number of halogens is 1. The lowest BCUT2D eigenvalue weighted by molar-refractivity contribution is -0.132. The molecule has 1 fully saturated rings. The number of fused-ring (bicyclic) bond motifs is 2. The van der Waals surface area contributed by atoms with E-state index in [1.54, 1.807) is 36.6 Å². The van der Waals surface area contributed by atoms with Crippen molar-refractivity contribution in [2.75, 3.05) is 7.11 Å². The van der Waals surface area contributed by atoms with Crippen LogP contribution in [0.4, 0.5) is 4.79 Å². The first kappa shape index (κ1) is 16.4. The molecule has 1 spiro atoms. The standard InChI is InChI=1S/C18H17ClN2O3S/c1-24-14-5-4-12(19)9-11(14)10-21-16(22)18(20-17(21)23)7-2-3-15-13(18)6-8-25-15/h4-6,8-9H,2-3,7,10H2,1H3,(H,20,23)/t18-/m1/s1. The van der Waals surface area contributed by atoms with Crippen LogP contribution in [-0.2, 0) is 23.3 Å². The van der Waals surface area contributed by atoms with Gasteiger partial charge in [0.2, 0.25) is 0 Å². The normalized spacial score (nSPS) is 22.2. The third-order valence-electron chi connectivity index (χ3n) is 4.91. The molecule has 1 aliphatic carbocycles. The Balaban J connectivity index is 1.69. The maximum absolute atomic E-state index is 13.2. The zero-order valence-corrected chi connectivity index (χ0v) is 15.2. The highest BCUT2D eigenvalue weighted by Gasteiger charge is 2.54. The van der Waals surface area contributed by atoms with E-state index < -0.39 is 5.54 Å². The van der Waals surface area contributed by atoms with E-state index in [1.165, 1.54) is 9.78 Å². The van der Waals surface area contributed by atoms with Crippen LogP contribution in [0.25, 0.3) is 0 Å². The minimum atomic E-state index is -0.920. The molecule has 2 aromatic rings. The number of rotatable bonds is 3. The highest BCUT2D eigenvalue weighted by molar-refractivity contribution is 7.10. The van der Waals surface area contributed by atoms with Crippen molar-refractivity contribution in [3.63, 3.8) is 0 Å². The second-order valence-corrected chi connectivity index (χ2v) is 7.73. The van der Waals surface area contributed by atoms with E-state index in [4.69, 9.17) is 16.3 Å². The van der Waals surface area contributed by atoms with Crippen molar-refractivity contribution in [1.82, 2.24) is 10.2 Å². The average molecular weight is 377 g/mol. The number of carbonyl (C=O) groups is 2. The molecule has 4 rings (SSSR count). The lowest BCUT2D eigenvalue weighted by atomic mass is 9.80. The second-order valence-electron chi connectivity index (χ2n) is 6.29. The number of amides is 3. The van der Waals surface area contributed by atoms with Crippen LogP contribution in [0.1, 0.15) is 28.8 Å². The summed E-state index contributed by atoms with van der Waals surface area (Å²) >= 11 is 7.71. The van der Waals surface area contributed by atoms with Crippen LogP contribution in [0.3, 0.4) is 0 Å². The van der Waals surface area contributed by atoms with Crippen LogP contribution in [0.15, 0.2) is 29.6 Å². The number of imide groups is 1. The predicted octanol–water partition coefficient (Wildman–Crippen LogP) is 3.69. The second kappa shape index (κ2) is 6.04. The smallest absolute Gasteiger partial charge is 0.325 e. The number of nitrogens with one attached hydrogen (secondary N) is 1. The predicted molar refractivity (Wildman–Crippen MR) is 96.0 cm³/mol. The van der Waals surface area contributed by atoms with Crippen LogP contribution in [-0.4, -0.2) is 23.9 Å². The fourth-order valence-electron chi connectivity index (χ4n) is 3.73. The molecule has 1 aromatic carbocycles. The van der Waals surface area contributed by atoms with Gasteiger partial charge in [-0.15, -0.1) is 11.3 Å². The van der Waals surface area contributed by atoms with Crippen molar-refractivity contribution in [3.8, 4) is 5.75 Å². The molecule has 0 radical (unpaired) electrons. The van der Waals surface area contributed by atoms with Gasteiger partial charge in [0.15, 0.2) is 0 Å². The number of nitrogens with zero attached hydrogens (tertiary/aromatic N) is 1. The Bertz CT molecular complexity index is 866. The molecule has 130 valence electrons. The molecule has 3 amide bonds. The number of methoxy groups -OCH3 is 1. The number of thiophene rings is 1. The molecular formula is C18H17ClN2O3S. The minimum absolute atomic E-state index is 0.135. The monoisotopic (exact) mass is 376 g/mol. The van der Waals surface area contributed by atoms with Gasteiger partial charge in [-0.1, -0.05) is 11.6 Å². The molecule has 7 heteroatoms. The Labute approximate surface area is 154 Å². The molecule has 1 saturated heterocycles. The summed E-state index contributed by atoms with van der Waals surface area (Å²) in [5.41, 5.74) is 0.732. The summed E-state index contributed by atoms with van der Waals surface area (Å²) in [6.07, 6.45) is 2.47. The summed E-state index contributed by atoms with van der Waals surface area (Å²) < 4.78 is 5.34. The van der Waals surface area contributed by atoms with Gasteiger partial charge in [-0.25, -0.2) is 4.79 Å². The van der Waals surface area contributed by atoms with Gasteiger partial charge in [0, 0.05) is 21.0 Å². The highest BCUT2D eigenvalue weighted by Crippen LogP contribution is 2.42. The van der Waals surface area contributed by atoms with Crippen molar-refractivity contribution in [3.05, 3.63) is 50.7 Å². The molecule has 2 aliphatic rings. The fraction of sp³-hybridized carbons (Fsp3) is 0.333. The number of aryl methyl sites for hydroxylation is 1. The van der Waals surface area contributed by atoms with E-state index in [-0.39, 0.29) is 18.5 Å². The van der Waals surface area contributed by atoms with Crippen LogP contribution in [0.2, 0.25) is 5.02 Å². The van der Waals surface area contributed by atoms with Gasteiger partial charge in [-0.05, 0) is 48.9 Å². The molecule has 25 heavy (non-hydrogen) atoms. The van der Waals surface area contributed by atoms with E-state index in [0.29, 0.717) is 22.8 Å². The van der Waals surface area contributed by atoms with Gasteiger partial charge in [0.05, 0.1) is 13.7 Å². The lowest BCUT2D eigenvalue weighted by Crippen LogP contribution is -2.46. The average Bonchev–Trinajstić information content (AvgIpc) is 3.16. The number of urea groups is 1. The first-order valence-corrected chi connectivity index (χ1v) is 9.34. The first-order valence-electron chi connectivity index (χ1n) is 8.08. The third-order valence-corrected chi connectivity index (χ3v) is 6.12. The molecule has 1 atom stereocenters. The van der Waals surface area contributed by atoms with E-state index in [2.05, 4.69) is 5.32 Å². The SMILES string of the molecule is COc1ccc(Cl)cc1CN1C(=O)N[C@@]2(CCCc3sccc32)C1=O. The molecule has 2 heterocycles. The lowest BCUT2D eigenvalue weighted by Gasteiger charge is -2.31. The summed E-state index contributed by atoms with van der Waals surface area (Å²) in [6.45, 7) is 0.135. The molecule has 0 bridgehead atoms. The van der Waals surface area contributed by atoms with Gasteiger partial charge in [-0.3, -0.25) is 9.69 Å². The zero-order valence-electron chi connectivity index (χ0n) is 13.7. The van der Waals surface area contributed by atoms with Crippen LogP contribution in [0.5, 0.6) is 5.75 Å². The molecule has 0 saturated carbocycles. The fourth-order valence-corrected chi connectivity index (χ4v) is 4.92. The van der Waals surface area contributed by atoms with Crippen molar-refractivity contribution < 1.29 is 14.3 Å². The van der Waals surface area contributed by atoms with Gasteiger partial charge in [0.1, 0.15) is 11.3 Å². The van der Waals surface area contributed by atoms with E-state index in [0.717, 1.165) is 18.4 Å². The van der Waals surface area contributed by atoms with Crippen molar-refractivity contribution >= 4 is 34.9 Å². The van der Waals surface area contributed by atoms with E-state index in [1.807, 2.05) is 11.4 Å². The first-order chi connectivity index (χ1) is 12.0. The summed E-state index contributed by atoms with van der Waals surface area (Å²) in [4.78, 5) is 28.3. The molecule has 1 N–H and O–H groups in total. The number of ether oxygens (including phenoxy) is 1. The molecular weight excluding hydrogens is 360 g/mol. The van der Waals surface area contributed by atoms with Crippen LogP contribution < -0.4 is 10.1 Å². The van der Waals surface area contributed by atoms with Crippen LogP contribution in [0, 0.1) is 0 Å². The summed E-state index contributed by atoms with van der Waals surface area (Å²) in [6, 6.07) is 6.77. The molecule has 1 aromatic heterocycles. The third kappa shape index (κ3) is 2.51. The highest BCUT2D eigenvalue weighted by atomic mass is 35.5. The van der Waals surface area contributed by atoms with Crippen LogP contribution >= 0.6 is 22.9 Å². The zero-order chi connectivity index (χ0) is 17.6. The summed E-state index contributed by atoms with van der Waals surface area (Å²) in [5.74, 6) is 0.407. The maximum atomic E-state index is 13.2. The number of hydrogen-bond donors (Lipinski definition) is 1. The topological polar surface area (TPSA) is 58.6 Å². The Kier molecular flexibility index (Phi) is 3.96. The Morgan fingerprint density at radius 2 is 2.20 bits per heavy atom. The molecule has 0 unspecified atom stereocenters. The van der Waals surface area contributed by atoms with Gasteiger partial charge >= 0.3 is 6.03 Å². The van der Waals surface area contributed by atoms with Gasteiger partial charge < -0.3 is 10.1 Å². The maximum Gasteiger partial charge on any atom is 0.325 e. The molecule has 5 nitrogen and oxygen atoms in total. The van der Waals surface area contributed by atoms with Gasteiger partial charge in [-0.2, -0.15) is 0 Å². The van der Waals surface area contributed by atoms with Crippen molar-refractivity contribution in [2.45, 2.75) is 31.3 Å². The molecule has 1 aliphatic heterocycles. The number of carbonyl (C=O) groups excluding carboxylic acids is 2. The largest absolute Gasteiger partial charge is 0.496 e. The minimum Gasteiger partial charge on any atom is -0.496 e. The van der Waals surface area contributed by atoms with Gasteiger partial charge in [0.25, 0.3) is 5.91 Å². The Hall–Kier alpha value is -2.05.